The topological polar surface area (TPSA) is 81.7 Å². The predicted molar refractivity (Wildman–Crippen MR) is 121 cm³/mol. The number of carbonyl (C=O) groups is 3. The molecule has 2 rings (SSSR count). The van der Waals surface area contributed by atoms with Gasteiger partial charge in [0.15, 0.2) is 5.78 Å². The maximum atomic E-state index is 13.0. The zero-order valence-electron chi connectivity index (χ0n) is 18.5. The SMILES string of the molecule is CCCOC(=O)c1ccc(OC(C(=O)Nc2cc(C)ccc2Cl)C(=O)C(C)(C)C)cc1. The lowest BCUT2D eigenvalue weighted by Gasteiger charge is -2.25. The molecule has 2 aromatic carbocycles. The number of ketones is 1. The molecule has 0 aliphatic heterocycles. The summed E-state index contributed by atoms with van der Waals surface area (Å²) in [6, 6.07) is 11.3. The van der Waals surface area contributed by atoms with Gasteiger partial charge >= 0.3 is 5.97 Å². The van der Waals surface area contributed by atoms with E-state index in [1.165, 1.54) is 24.3 Å². The number of carbonyl (C=O) groups excluding carboxylic acids is 3. The van der Waals surface area contributed by atoms with Crippen LogP contribution in [0.15, 0.2) is 42.5 Å². The molecule has 7 heteroatoms. The fourth-order valence-corrected chi connectivity index (χ4v) is 2.80. The van der Waals surface area contributed by atoms with Crippen LogP contribution in [0, 0.1) is 12.3 Å². The number of hydrogen-bond donors (Lipinski definition) is 1. The molecule has 0 radical (unpaired) electrons. The fourth-order valence-electron chi connectivity index (χ4n) is 2.64. The molecule has 0 aliphatic carbocycles. The third kappa shape index (κ3) is 6.82. The van der Waals surface area contributed by atoms with Gasteiger partial charge in [0.25, 0.3) is 5.91 Å². The summed E-state index contributed by atoms with van der Waals surface area (Å²) in [4.78, 5) is 37.9. The van der Waals surface area contributed by atoms with Crippen LogP contribution in [-0.4, -0.2) is 30.4 Å². The molecule has 2 aromatic rings. The number of rotatable bonds is 8. The summed E-state index contributed by atoms with van der Waals surface area (Å²) in [7, 11) is 0. The fraction of sp³-hybridized carbons (Fsp3) is 0.375. The zero-order valence-corrected chi connectivity index (χ0v) is 19.2. The first-order chi connectivity index (χ1) is 14.5. The smallest absolute Gasteiger partial charge is 0.338 e. The van der Waals surface area contributed by atoms with Gasteiger partial charge in [-0.25, -0.2) is 4.79 Å². The van der Waals surface area contributed by atoms with E-state index in [1.54, 1.807) is 32.9 Å². The molecule has 6 nitrogen and oxygen atoms in total. The Balaban J connectivity index is 2.24. The van der Waals surface area contributed by atoms with E-state index < -0.39 is 23.4 Å². The Bertz CT molecular complexity index is 947. The van der Waals surface area contributed by atoms with Crippen LogP contribution in [0.25, 0.3) is 0 Å². The molecule has 0 saturated heterocycles. The lowest BCUT2D eigenvalue weighted by molar-refractivity contribution is -0.140. The van der Waals surface area contributed by atoms with Crippen LogP contribution in [0.3, 0.4) is 0 Å². The van der Waals surface area contributed by atoms with Crippen molar-refractivity contribution in [2.75, 3.05) is 11.9 Å². The molecule has 0 bridgehead atoms. The molecule has 0 aliphatic rings. The maximum absolute atomic E-state index is 13.0. The average molecular weight is 446 g/mol. The zero-order chi connectivity index (χ0) is 23.2. The summed E-state index contributed by atoms with van der Waals surface area (Å²) in [6.45, 7) is 9.25. The van der Waals surface area contributed by atoms with E-state index >= 15 is 0 Å². The van der Waals surface area contributed by atoms with Crippen LogP contribution < -0.4 is 10.1 Å². The molecule has 0 saturated carbocycles. The van der Waals surface area contributed by atoms with Crippen LogP contribution in [0.4, 0.5) is 5.69 Å². The van der Waals surface area contributed by atoms with Crippen molar-refractivity contribution in [1.82, 2.24) is 0 Å². The summed E-state index contributed by atoms with van der Waals surface area (Å²) < 4.78 is 10.9. The molecule has 1 N–H and O–H groups in total. The molecule has 1 amide bonds. The number of amides is 1. The lowest BCUT2D eigenvalue weighted by Crippen LogP contribution is -2.45. The first kappa shape index (κ1) is 24.4. The van der Waals surface area contributed by atoms with E-state index in [1.807, 2.05) is 19.9 Å². The van der Waals surface area contributed by atoms with Crippen LogP contribution in [0.1, 0.15) is 50.0 Å². The predicted octanol–water partition coefficient (Wildman–Crippen LogP) is 5.22. The van der Waals surface area contributed by atoms with Gasteiger partial charge < -0.3 is 14.8 Å². The molecule has 0 heterocycles. The van der Waals surface area contributed by atoms with Crippen molar-refractivity contribution in [3.63, 3.8) is 0 Å². The highest BCUT2D eigenvalue weighted by atomic mass is 35.5. The Labute approximate surface area is 187 Å². The van der Waals surface area contributed by atoms with Gasteiger partial charge in [0, 0.05) is 5.41 Å². The van der Waals surface area contributed by atoms with Crippen LogP contribution >= 0.6 is 11.6 Å². The Morgan fingerprint density at radius 1 is 1.06 bits per heavy atom. The van der Waals surface area contributed by atoms with E-state index in [-0.39, 0.29) is 11.5 Å². The van der Waals surface area contributed by atoms with E-state index in [4.69, 9.17) is 21.1 Å². The number of halogens is 1. The molecule has 1 atom stereocenters. The highest BCUT2D eigenvalue weighted by molar-refractivity contribution is 6.34. The normalized spacial score (nSPS) is 12.1. The van der Waals surface area contributed by atoms with Gasteiger partial charge in [-0.05, 0) is 55.3 Å². The Morgan fingerprint density at radius 2 is 1.71 bits per heavy atom. The summed E-state index contributed by atoms with van der Waals surface area (Å²) in [5.74, 6) is -1.18. The van der Waals surface area contributed by atoms with Gasteiger partial charge in [0.05, 0.1) is 22.9 Å². The van der Waals surface area contributed by atoms with E-state index in [2.05, 4.69) is 5.32 Å². The van der Waals surface area contributed by atoms with Crippen LogP contribution in [0.2, 0.25) is 5.02 Å². The number of benzene rings is 2. The first-order valence-corrected chi connectivity index (χ1v) is 10.5. The summed E-state index contributed by atoms with van der Waals surface area (Å²) in [5, 5.41) is 3.04. The molecule has 0 spiro atoms. The number of esters is 1. The van der Waals surface area contributed by atoms with Gasteiger partial charge in [-0.1, -0.05) is 45.4 Å². The number of hydrogen-bond acceptors (Lipinski definition) is 5. The van der Waals surface area contributed by atoms with Gasteiger partial charge in [-0.2, -0.15) is 0 Å². The van der Waals surface area contributed by atoms with E-state index in [0.29, 0.717) is 22.9 Å². The average Bonchev–Trinajstić information content (AvgIpc) is 2.72. The quantitative estimate of drug-likeness (QED) is 0.445. The van der Waals surface area contributed by atoms with Crippen molar-refractivity contribution < 1.29 is 23.9 Å². The number of aryl methyl sites for hydroxylation is 1. The summed E-state index contributed by atoms with van der Waals surface area (Å²) in [6.07, 6.45) is -0.668. The number of anilines is 1. The van der Waals surface area contributed by atoms with Crippen molar-refractivity contribution in [2.45, 2.75) is 47.1 Å². The molecular formula is C24H28ClNO5. The van der Waals surface area contributed by atoms with Gasteiger partial charge in [-0.3, -0.25) is 9.59 Å². The van der Waals surface area contributed by atoms with Gasteiger partial charge in [-0.15, -0.1) is 0 Å². The molecular weight excluding hydrogens is 418 g/mol. The van der Waals surface area contributed by atoms with Gasteiger partial charge in [0.1, 0.15) is 5.75 Å². The van der Waals surface area contributed by atoms with Crippen molar-refractivity contribution in [2.24, 2.45) is 5.41 Å². The largest absolute Gasteiger partial charge is 0.473 e. The van der Waals surface area contributed by atoms with E-state index in [0.717, 1.165) is 12.0 Å². The second kappa shape index (κ2) is 10.4. The van der Waals surface area contributed by atoms with Gasteiger partial charge in [0.2, 0.25) is 6.10 Å². The Morgan fingerprint density at radius 3 is 2.29 bits per heavy atom. The lowest BCUT2D eigenvalue weighted by atomic mass is 9.87. The number of nitrogens with one attached hydrogen (secondary N) is 1. The van der Waals surface area contributed by atoms with E-state index in [9.17, 15) is 14.4 Å². The Kier molecular flexibility index (Phi) is 8.22. The van der Waals surface area contributed by atoms with Crippen molar-refractivity contribution in [3.8, 4) is 5.75 Å². The molecule has 1 unspecified atom stereocenters. The molecule has 0 aromatic heterocycles. The Hall–Kier alpha value is -2.86. The highest BCUT2D eigenvalue weighted by Crippen LogP contribution is 2.26. The minimum Gasteiger partial charge on any atom is -0.473 e. The first-order valence-electron chi connectivity index (χ1n) is 10.1. The second-order valence-electron chi connectivity index (χ2n) is 8.24. The van der Waals surface area contributed by atoms with Crippen molar-refractivity contribution in [3.05, 3.63) is 58.6 Å². The maximum Gasteiger partial charge on any atom is 0.338 e. The minimum atomic E-state index is -1.39. The minimum absolute atomic E-state index is 0.278. The second-order valence-corrected chi connectivity index (χ2v) is 8.65. The van der Waals surface area contributed by atoms with Crippen molar-refractivity contribution >= 4 is 34.9 Å². The third-order valence-electron chi connectivity index (χ3n) is 4.38. The standard InChI is InChI=1S/C24H28ClNO5/c1-6-13-30-23(29)16-8-10-17(11-9-16)31-20(21(27)24(3,4)5)22(28)26-19-14-15(2)7-12-18(19)25/h7-12,14,20H,6,13H2,1-5H3,(H,26,28). The summed E-state index contributed by atoms with van der Waals surface area (Å²) in [5.41, 5.74) is 0.846. The van der Waals surface area contributed by atoms with Crippen LogP contribution in [0.5, 0.6) is 5.75 Å². The van der Waals surface area contributed by atoms with Crippen molar-refractivity contribution in [1.29, 1.82) is 0 Å². The number of ether oxygens (including phenoxy) is 2. The van der Waals surface area contributed by atoms with Crippen LogP contribution in [-0.2, 0) is 14.3 Å². The molecule has 0 fully saturated rings. The molecule has 31 heavy (non-hydrogen) atoms. The highest BCUT2D eigenvalue weighted by Gasteiger charge is 2.37. The number of Topliss-reactive ketones (excluding diaryl/α,β-unsaturated/α-hetero) is 1. The monoisotopic (exact) mass is 445 g/mol. The third-order valence-corrected chi connectivity index (χ3v) is 4.71. The molecule has 166 valence electrons. The summed E-state index contributed by atoms with van der Waals surface area (Å²) >= 11 is 6.17.